The van der Waals surface area contributed by atoms with Gasteiger partial charge in [-0.1, -0.05) is 6.07 Å². The molecule has 0 aliphatic carbocycles. The van der Waals surface area contributed by atoms with Gasteiger partial charge in [-0.15, -0.1) is 0 Å². The van der Waals surface area contributed by atoms with Crippen LogP contribution in [0.1, 0.15) is 27.3 Å². The summed E-state index contributed by atoms with van der Waals surface area (Å²) in [5.41, 5.74) is 2.99. The second-order valence-electron chi connectivity index (χ2n) is 6.40. The number of fused-ring (bicyclic) bond motifs is 1. The van der Waals surface area contributed by atoms with E-state index in [0.717, 1.165) is 11.3 Å². The van der Waals surface area contributed by atoms with Gasteiger partial charge in [0, 0.05) is 17.9 Å². The van der Waals surface area contributed by atoms with Crippen molar-refractivity contribution in [3.05, 3.63) is 71.0 Å². The van der Waals surface area contributed by atoms with Crippen LogP contribution in [0.3, 0.4) is 0 Å². The standard InChI is InChI=1S/C21H17N5O3/c1-13-8-17(20(27)25-16-5-2-14(10-22)3-6-16)26-21(24-13)23-11-15-4-7-18-19(9-15)29-12-28-18/h2-9H,11-12H2,1H3,(H,25,27)(H,23,24,26). The van der Waals surface area contributed by atoms with Crippen molar-refractivity contribution in [1.82, 2.24) is 9.97 Å². The summed E-state index contributed by atoms with van der Waals surface area (Å²) in [6.07, 6.45) is 0. The fourth-order valence-corrected chi connectivity index (χ4v) is 2.82. The van der Waals surface area contributed by atoms with E-state index in [1.165, 1.54) is 0 Å². The maximum atomic E-state index is 12.6. The van der Waals surface area contributed by atoms with E-state index in [2.05, 4.69) is 20.6 Å². The number of aryl methyl sites for hydroxylation is 1. The number of aromatic nitrogens is 2. The Hall–Kier alpha value is -4.12. The molecule has 144 valence electrons. The molecule has 0 saturated heterocycles. The molecule has 2 heterocycles. The number of hydrogen-bond acceptors (Lipinski definition) is 7. The third-order valence-electron chi connectivity index (χ3n) is 4.25. The normalized spacial score (nSPS) is 11.6. The number of ether oxygens (including phenoxy) is 2. The van der Waals surface area contributed by atoms with E-state index in [4.69, 9.17) is 14.7 Å². The Balaban J connectivity index is 1.45. The SMILES string of the molecule is Cc1cc(C(=O)Nc2ccc(C#N)cc2)nc(NCc2ccc3c(c2)OCO3)n1. The molecule has 0 fully saturated rings. The molecule has 3 aromatic rings. The van der Waals surface area contributed by atoms with Crippen LogP contribution in [0.5, 0.6) is 11.5 Å². The van der Waals surface area contributed by atoms with Crippen LogP contribution in [0, 0.1) is 18.3 Å². The smallest absolute Gasteiger partial charge is 0.274 e. The first-order valence-electron chi connectivity index (χ1n) is 8.90. The maximum absolute atomic E-state index is 12.6. The van der Waals surface area contributed by atoms with E-state index in [0.29, 0.717) is 35.2 Å². The molecule has 0 atom stereocenters. The van der Waals surface area contributed by atoms with Crippen LogP contribution >= 0.6 is 0 Å². The van der Waals surface area contributed by atoms with E-state index in [-0.39, 0.29) is 18.4 Å². The summed E-state index contributed by atoms with van der Waals surface area (Å²) in [7, 11) is 0. The molecule has 0 bridgehead atoms. The molecule has 2 aromatic carbocycles. The number of anilines is 2. The monoisotopic (exact) mass is 387 g/mol. The number of nitrogens with one attached hydrogen (secondary N) is 2. The quantitative estimate of drug-likeness (QED) is 0.691. The van der Waals surface area contributed by atoms with Crippen LogP contribution in [0.2, 0.25) is 0 Å². The lowest BCUT2D eigenvalue weighted by Crippen LogP contribution is -2.16. The fourth-order valence-electron chi connectivity index (χ4n) is 2.82. The molecule has 0 unspecified atom stereocenters. The molecule has 8 nitrogen and oxygen atoms in total. The first kappa shape index (κ1) is 18.3. The van der Waals surface area contributed by atoms with Gasteiger partial charge >= 0.3 is 0 Å². The number of nitriles is 1. The summed E-state index contributed by atoms with van der Waals surface area (Å²) in [6, 6.07) is 15.9. The van der Waals surface area contributed by atoms with E-state index < -0.39 is 0 Å². The third-order valence-corrected chi connectivity index (χ3v) is 4.25. The third kappa shape index (κ3) is 4.25. The van der Waals surface area contributed by atoms with Crippen LogP contribution in [0.15, 0.2) is 48.5 Å². The maximum Gasteiger partial charge on any atom is 0.274 e. The molecule has 1 aliphatic heterocycles. The van der Waals surface area contributed by atoms with Crippen LogP contribution in [-0.2, 0) is 6.54 Å². The number of carbonyl (C=O) groups excluding carboxylic acids is 1. The lowest BCUT2D eigenvalue weighted by molar-refractivity contribution is 0.102. The van der Waals surface area contributed by atoms with Crippen molar-refractivity contribution in [2.24, 2.45) is 0 Å². The van der Waals surface area contributed by atoms with Crippen LogP contribution < -0.4 is 20.1 Å². The first-order valence-corrected chi connectivity index (χ1v) is 8.90. The fraction of sp³-hybridized carbons (Fsp3) is 0.143. The van der Waals surface area contributed by atoms with Gasteiger partial charge in [0.2, 0.25) is 12.7 Å². The molecule has 0 radical (unpaired) electrons. The van der Waals surface area contributed by atoms with E-state index in [1.54, 1.807) is 37.3 Å². The molecule has 1 aliphatic rings. The highest BCUT2D eigenvalue weighted by Crippen LogP contribution is 2.32. The average Bonchev–Trinajstić information content (AvgIpc) is 3.20. The zero-order valence-electron chi connectivity index (χ0n) is 15.6. The topological polar surface area (TPSA) is 109 Å². The van der Waals surface area contributed by atoms with Gasteiger partial charge in [-0.2, -0.15) is 5.26 Å². The first-order chi connectivity index (χ1) is 14.1. The van der Waals surface area contributed by atoms with Gasteiger partial charge in [-0.05, 0) is 55.0 Å². The van der Waals surface area contributed by atoms with Gasteiger partial charge in [-0.25, -0.2) is 9.97 Å². The van der Waals surface area contributed by atoms with E-state index in [9.17, 15) is 4.79 Å². The number of carbonyl (C=O) groups is 1. The lowest BCUT2D eigenvalue weighted by Gasteiger charge is -2.09. The zero-order valence-corrected chi connectivity index (χ0v) is 15.6. The molecule has 2 N–H and O–H groups in total. The number of rotatable bonds is 5. The van der Waals surface area contributed by atoms with Crippen molar-refractivity contribution in [2.75, 3.05) is 17.4 Å². The minimum atomic E-state index is -0.355. The predicted octanol–water partition coefficient (Wildman–Crippen LogP) is 3.25. The van der Waals surface area contributed by atoms with Crippen molar-refractivity contribution in [2.45, 2.75) is 13.5 Å². The second kappa shape index (κ2) is 7.86. The highest BCUT2D eigenvalue weighted by Gasteiger charge is 2.14. The molecule has 1 aromatic heterocycles. The van der Waals surface area contributed by atoms with Gasteiger partial charge < -0.3 is 20.1 Å². The molecular weight excluding hydrogens is 370 g/mol. The number of hydrogen-bond donors (Lipinski definition) is 2. The molecule has 4 rings (SSSR count). The minimum Gasteiger partial charge on any atom is -0.454 e. The minimum absolute atomic E-state index is 0.227. The van der Waals surface area contributed by atoms with Crippen molar-refractivity contribution in [1.29, 1.82) is 5.26 Å². The highest BCUT2D eigenvalue weighted by atomic mass is 16.7. The Labute approximate surface area is 167 Å². The molecule has 29 heavy (non-hydrogen) atoms. The Kier molecular flexibility index (Phi) is 4.95. The average molecular weight is 387 g/mol. The van der Waals surface area contributed by atoms with Gasteiger partial charge in [0.15, 0.2) is 11.5 Å². The van der Waals surface area contributed by atoms with Crippen LogP contribution in [0.25, 0.3) is 0 Å². The van der Waals surface area contributed by atoms with Gasteiger partial charge in [0.05, 0.1) is 11.6 Å². The molecule has 8 heteroatoms. The summed E-state index contributed by atoms with van der Waals surface area (Å²) < 4.78 is 10.7. The summed E-state index contributed by atoms with van der Waals surface area (Å²) in [6.45, 7) is 2.49. The Bertz CT molecular complexity index is 1110. The number of nitrogens with zero attached hydrogens (tertiary/aromatic N) is 3. The number of amides is 1. The summed E-state index contributed by atoms with van der Waals surface area (Å²) in [5.74, 6) is 1.43. The summed E-state index contributed by atoms with van der Waals surface area (Å²) in [4.78, 5) is 21.2. The van der Waals surface area contributed by atoms with Crippen LogP contribution in [0.4, 0.5) is 11.6 Å². The Morgan fingerprint density at radius 2 is 1.90 bits per heavy atom. The van der Waals surface area contributed by atoms with Gasteiger partial charge in [0.25, 0.3) is 5.91 Å². The van der Waals surface area contributed by atoms with Gasteiger partial charge in [-0.3, -0.25) is 4.79 Å². The summed E-state index contributed by atoms with van der Waals surface area (Å²) >= 11 is 0. The van der Waals surface area contributed by atoms with Crippen molar-refractivity contribution < 1.29 is 14.3 Å². The largest absolute Gasteiger partial charge is 0.454 e. The molecular formula is C21H17N5O3. The molecule has 0 spiro atoms. The lowest BCUT2D eigenvalue weighted by atomic mass is 10.2. The van der Waals surface area contributed by atoms with Gasteiger partial charge in [0.1, 0.15) is 5.69 Å². The van der Waals surface area contributed by atoms with Crippen molar-refractivity contribution in [3.63, 3.8) is 0 Å². The van der Waals surface area contributed by atoms with Crippen LogP contribution in [-0.4, -0.2) is 22.7 Å². The number of benzene rings is 2. The Morgan fingerprint density at radius 1 is 1.10 bits per heavy atom. The van der Waals surface area contributed by atoms with Crippen molar-refractivity contribution >= 4 is 17.5 Å². The molecule has 1 amide bonds. The zero-order chi connectivity index (χ0) is 20.2. The second-order valence-corrected chi connectivity index (χ2v) is 6.40. The Morgan fingerprint density at radius 3 is 2.69 bits per heavy atom. The summed E-state index contributed by atoms with van der Waals surface area (Å²) in [5, 5.41) is 14.8. The highest BCUT2D eigenvalue weighted by molar-refractivity contribution is 6.03. The molecule has 0 saturated carbocycles. The van der Waals surface area contributed by atoms with E-state index in [1.807, 2.05) is 24.3 Å². The van der Waals surface area contributed by atoms with E-state index >= 15 is 0 Å². The van der Waals surface area contributed by atoms with Crippen molar-refractivity contribution in [3.8, 4) is 17.6 Å². The predicted molar refractivity (Wildman–Crippen MR) is 106 cm³/mol.